The van der Waals surface area contributed by atoms with Crippen molar-refractivity contribution in [2.75, 3.05) is 12.4 Å². The minimum atomic E-state index is 0.0822. The van der Waals surface area contributed by atoms with Crippen molar-refractivity contribution in [1.29, 1.82) is 5.26 Å². The molecule has 0 N–H and O–H groups in total. The van der Waals surface area contributed by atoms with Gasteiger partial charge in [0.25, 0.3) is 0 Å². The molecule has 0 aromatic heterocycles. The Hall–Kier alpha value is -0.850. The van der Waals surface area contributed by atoms with Crippen LogP contribution in [0.4, 0.5) is 0 Å². The van der Waals surface area contributed by atoms with Crippen LogP contribution in [0.15, 0.2) is 18.2 Å². The first-order valence-corrected chi connectivity index (χ1v) is 7.64. The number of thioether (sulfide) groups is 1. The third-order valence-corrected chi connectivity index (χ3v) is 3.91. The van der Waals surface area contributed by atoms with E-state index in [0.29, 0.717) is 23.3 Å². The summed E-state index contributed by atoms with van der Waals surface area (Å²) in [6, 6.07) is 5.94. The van der Waals surface area contributed by atoms with Gasteiger partial charge in [0.05, 0.1) is 11.6 Å². The molecule has 0 aliphatic carbocycles. The number of hydrogen-bond acceptors (Lipinski definition) is 3. The topological polar surface area (TPSA) is 33.0 Å². The Kier molecular flexibility index (Phi) is 6.03. The third kappa shape index (κ3) is 5.34. The van der Waals surface area contributed by atoms with E-state index < -0.39 is 0 Å². The van der Waals surface area contributed by atoms with Gasteiger partial charge in [0.1, 0.15) is 11.2 Å². The van der Waals surface area contributed by atoms with Gasteiger partial charge in [-0.15, -0.1) is 0 Å². The Balaban J connectivity index is 2.63. The lowest BCUT2D eigenvalue weighted by Gasteiger charge is -2.20. The van der Waals surface area contributed by atoms with Crippen LogP contribution in [0.1, 0.15) is 33.3 Å². The molecular formula is C15H20ClNOS. The molecule has 0 aliphatic rings. The molecule has 0 saturated carbocycles. The molecule has 104 valence electrons. The van der Waals surface area contributed by atoms with Gasteiger partial charge in [0.2, 0.25) is 0 Å². The van der Waals surface area contributed by atoms with Crippen LogP contribution in [-0.4, -0.2) is 12.4 Å². The highest BCUT2D eigenvalue weighted by Gasteiger charge is 2.15. The van der Waals surface area contributed by atoms with E-state index in [1.165, 1.54) is 17.3 Å². The first-order chi connectivity index (χ1) is 8.84. The van der Waals surface area contributed by atoms with E-state index in [1.54, 1.807) is 0 Å². The van der Waals surface area contributed by atoms with Crippen molar-refractivity contribution in [3.8, 4) is 11.2 Å². The molecule has 4 heteroatoms. The van der Waals surface area contributed by atoms with E-state index in [-0.39, 0.29) is 5.41 Å². The van der Waals surface area contributed by atoms with Gasteiger partial charge in [-0.05, 0) is 34.9 Å². The quantitative estimate of drug-likeness (QED) is 0.727. The molecule has 0 bridgehead atoms. The van der Waals surface area contributed by atoms with Crippen molar-refractivity contribution >= 4 is 23.4 Å². The fraction of sp³-hybridized carbons (Fsp3) is 0.533. The number of thiocyanates is 1. The maximum absolute atomic E-state index is 8.50. The molecule has 1 rings (SSSR count). The summed E-state index contributed by atoms with van der Waals surface area (Å²) >= 11 is 7.49. The molecular weight excluding hydrogens is 278 g/mol. The Morgan fingerprint density at radius 3 is 2.63 bits per heavy atom. The molecule has 0 amide bonds. The van der Waals surface area contributed by atoms with E-state index in [0.717, 1.165) is 5.75 Å². The largest absolute Gasteiger partial charge is 0.492 e. The highest BCUT2D eigenvalue weighted by Crippen LogP contribution is 2.31. The minimum Gasteiger partial charge on any atom is -0.492 e. The summed E-state index contributed by atoms with van der Waals surface area (Å²) in [4.78, 5) is 0. The van der Waals surface area contributed by atoms with Crippen LogP contribution in [0.3, 0.4) is 0 Å². The molecule has 2 nitrogen and oxygen atoms in total. The maximum atomic E-state index is 8.50. The molecule has 0 spiro atoms. The van der Waals surface area contributed by atoms with Crippen LogP contribution in [0.5, 0.6) is 5.75 Å². The van der Waals surface area contributed by atoms with Gasteiger partial charge in [-0.3, -0.25) is 0 Å². The second kappa shape index (κ2) is 7.07. The highest BCUT2D eigenvalue weighted by atomic mass is 35.5. The van der Waals surface area contributed by atoms with Crippen LogP contribution >= 0.6 is 23.4 Å². The zero-order valence-electron chi connectivity index (χ0n) is 11.9. The van der Waals surface area contributed by atoms with E-state index >= 15 is 0 Å². The maximum Gasteiger partial charge on any atom is 0.137 e. The summed E-state index contributed by atoms with van der Waals surface area (Å²) in [5, 5.41) is 11.2. The summed E-state index contributed by atoms with van der Waals surface area (Å²) < 4.78 is 5.71. The van der Waals surface area contributed by atoms with Crippen molar-refractivity contribution in [3.63, 3.8) is 0 Å². The summed E-state index contributed by atoms with van der Waals surface area (Å²) in [6.45, 7) is 9.09. The third-order valence-electron chi connectivity index (χ3n) is 2.75. The van der Waals surface area contributed by atoms with Crippen molar-refractivity contribution in [2.24, 2.45) is 5.92 Å². The van der Waals surface area contributed by atoms with Crippen molar-refractivity contribution in [1.82, 2.24) is 0 Å². The van der Waals surface area contributed by atoms with Gasteiger partial charge in [0, 0.05) is 11.7 Å². The summed E-state index contributed by atoms with van der Waals surface area (Å²) in [7, 11) is 0. The fourth-order valence-corrected chi connectivity index (χ4v) is 2.23. The lowest BCUT2D eigenvalue weighted by atomic mass is 9.87. The summed E-state index contributed by atoms with van der Waals surface area (Å²) in [6.07, 6.45) is 0. The number of rotatable bonds is 5. The van der Waals surface area contributed by atoms with E-state index in [4.69, 9.17) is 21.6 Å². The van der Waals surface area contributed by atoms with Gasteiger partial charge in [-0.1, -0.05) is 45.4 Å². The first-order valence-electron chi connectivity index (χ1n) is 6.28. The Morgan fingerprint density at radius 1 is 1.42 bits per heavy atom. The molecule has 1 unspecified atom stereocenters. The summed E-state index contributed by atoms with van der Waals surface area (Å²) in [5.74, 6) is 1.81. The minimum absolute atomic E-state index is 0.0822. The van der Waals surface area contributed by atoms with Gasteiger partial charge in [0.15, 0.2) is 0 Å². The van der Waals surface area contributed by atoms with Crippen LogP contribution in [0, 0.1) is 16.6 Å². The van der Waals surface area contributed by atoms with Crippen molar-refractivity contribution < 1.29 is 4.74 Å². The van der Waals surface area contributed by atoms with E-state index in [1.807, 2.05) is 12.1 Å². The Morgan fingerprint density at radius 2 is 2.11 bits per heavy atom. The first kappa shape index (κ1) is 16.2. The average molecular weight is 298 g/mol. The fourth-order valence-electron chi connectivity index (χ4n) is 1.54. The van der Waals surface area contributed by atoms with Crippen LogP contribution < -0.4 is 4.74 Å². The van der Waals surface area contributed by atoms with Crippen LogP contribution in [-0.2, 0) is 5.41 Å². The lowest BCUT2D eigenvalue weighted by Crippen LogP contribution is -2.13. The number of halogens is 1. The van der Waals surface area contributed by atoms with Gasteiger partial charge < -0.3 is 4.74 Å². The lowest BCUT2D eigenvalue weighted by molar-refractivity contribution is 0.273. The van der Waals surface area contributed by atoms with Gasteiger partial charge in [-0.2, -0.15) is 5.26 Å². The molecule has 1 aromatic rings. The number of nitrogens with zero attached hydrogens (tertiary/aromatic N) is 1. The molecule has 0 fully saturated rings. The predicted octanol–water partition coefficient (Wildman–Crippen LogP) is 4.87. The van der Waals surface area contributed by atoms with E-state index in [9.17, 15) is 0 Å². The zero-order valence-corrected chi connectivity index (χ0v) is 13.4. The standard InChI is InChI=1S/C15H20ClNOS/c1-11(9-19-10-17)8-18-14-6-5-12(7-13(14)16)15(2,3)4/h5-7,11H,8-9H2,1-4H3. The molecule has 19 heavy (non-hydrogen) atoms. The van der Waals surface area contributed by atoms with Gasteiger partial charge >= 0.3 is 0 Å². The number of ether oxygens (including phenoxy) is 1. The predicted molar refractivity (Wildman–Crippen MR) is 82.9 cm³/mol. The second-order valence-corrected chi connectivity index (χ2v) is 6.93. The van der Waals surface area contributed by atoms with Crippen molar-refractivity contribution in [3.05, 3.63) is 28.8 Å². The number of nitriles is 1. The molecule has 1 atom stereocenters. The molecule has 0 heterocycles. The van der Waals surface area contributed by atoms with E-state index in [2.05, 4.69) is 39.2 Å². The molecule has 0 radical (unpaired) electrons. The van der Waals surface area contributed by atoms with Crippen molar-refractivity contribution in [2.45, 2.75) is 33.1 Å². The van der Waals surface area contributed by atoms with Crippen LogP contribution in [0.25, 0.3) is 0 Å². The Labute approximate surface area is 125 Å². The normalized spacial score (nSPS) is 12.8. The average Bonchev–Trinajstić information content (AvgIpc) is 2.33. The molecule has 0 aliphatic heterocycles. The highest BCUT2D eigenvalue weighted by molar-refractivity contribution is 8.03. The van der Waals surface area contributed by atoms with Crippen LogP contribution in [0.2, 0.25) is 5.02 Å². The SMILES string of the molecule is CC(COc1ccc(C(C)(C)C)cc1Cl)CSC#N. The van der Waals surface area contributed by atoms with Gasteiger partial charge in [-0.25, -0.2) is 0 Å². The molecule has 1 aromatic carbocycles. The summed E-state index contributed by atoms with van der Waals surface area (Å²) in [5.41, 5.74) is 1.27. The smallest absolute Gasteiger partial charge is 0.137 e. The zero-order chi connectivity index (χ0) is 14.5. The molecule has 0 saturated heterocycles. The second-order valence-electron chi connectivity index (χ2n) is 5.71. The number of benzene rings is 1. The monoisotopic (exact) mass is 297 g/mol. The Bertz CT molecular complexity index is 462. The number of hydrogen-bond donors (Lipinski definition) is 0.